The molecular weight excluding hydrogens is 530 g/mol. The molecule has 2 aliphatic carbocycles. The number of aromatic nitrogens is 1. The summed E-state index contributed by atoms with van der Waals surface area (Å²) in [6.45, 7) is 4.43. The van der Waals surface area contributed by atoms with Crippen molar-refractivity contribution in [1.82, 2.24) is 15.6 Å². The Balaban J connectivity index is 1.62. The molecule has 1 heterocycles. The van der Waals surface area contributed by atoms with Gasteiger partial charge in [-0.05, 0) is 64.4 Å². The molecule has 13 heteroatoms. The van der Waals surface area contributed by atoms with E-state index in [1.165, 1.54) is 12.1 Å². The Morgan fingerprint density at radius 3 is 2.31 bits per heavy atom. The van der Waals surface area contributed by atoms with E-state index in [4.69, 9.17) is 14.9 Å². The summed E-state index contributed by atoms with van der Waals surface area (Å²) in [5.41, 5.74) is 4.44. The van der Waals surface area contributed by atoms with Crippen LogP contribution in [0.1, 0.15) is 82.8 Å². The number of alkyl carbamates (subject to hydrolysis) is 1. The van der Waals surface area contributed by atoms with E-state index in [0.717, 1.165) is 0 Å². The molecule has 1 unspecified atom stereocenters. The molecule has 218 valence electrons. The fraction of sp³-hybridized carbons (Fsp3) is 0.692. The third-order valence-electron chi connectivity index (χ3n) is 7.12. The fourth-order valence-corrected chi connectivity index (χ4v) is 4.91. The van der Waals surface area contributed by atoms with Gasteiger partial charge in [-0.3, -0.25) is 0 Å². The lowest BCUT2D eigenvalue weighted by Crippen LogP contribution is -2.46. The van der Waals surface area contributed by atoms with Crippen LogP contribution in [0.15, 0.2) is 16.5 Å². The normalized spacial score (nSPS) is 21.0. The Kier molecular flexibility index (Phi) is 8.15. The molecule has 1 aromatic carbocycles. The summed E-state index contributed by atoms with van der Waals surface area (Å²) in [7, 11) is 0. The molecule has 0 bridgehead atoms. The quantitative estimate of drug-likeness (QED) is 0.326. The van der Waals surface area contributed by atoms with Crippen LogP contribution in [0.4, 0.5) is 31.1 Å². The number of fused-ring (bicyclic) bond motifs is 1. The van der Waals surface area contributed by atoms with Crippen LogP contribution in [0.2, 0.25) is 0 Å². The molecule has 0 spiro atoms. The first-order chi connectivity index (χ1) is 18.0. The third kappa shape index (κ3) is 7.36. The van der Waals surface area contributed by atoms with Gasteiger partial charge < -0.3 is 25.5 Å². The summed E-state index contributed by atoms with van der Waals surface area (Å²) < 4.78 is 93.3. The molecule has 2 aliphatic rings. The second kappa shape index (κ2) is 10.8. The second-order valence-electron chi connectivity index (χ2n) is 11.6. The van der Waals surface area contributed by atoms with Gasteiger partial charge in [0, 0.05) is 31.0 Å². The van der Waals surface area contributed by atoms with Crippen LogP contribution >= 0.6 is 0 Å². The van der Waals surface area contributed by atoms with Crippen molar-refractivity contribution >= 4 is 17.2 Å². The maximum absolute atomic E-state index is 15.7. The molecule has 2 saturated carbocycles. The minimum Gasteiger partial charge on any atom is -0.444 e. The highest BCUT2D eigenvalue weighted by Crippen LogP contribution is 2.44. The van der Waals surface area contributed by atoms with Crippen LogP contribution in [-0.4, -0.2) is 41.4 Å². The third-order valence-corrected chi connectivity index (χ3v) is 7.12. The van der Waals surface area contributed by atoms with Crippen molar-refractivity contribution in [2.75, 3.05) is 6.54 Å². The van der Waals surface area contributed by atoms with E-state index >= 15 is 4.39 Å². The molecule has 1 aromatic heterocycles. The number of carbonyl (C=O) groups excluding carboxylic acids is 1. The highest BCUT2D eigenvalue weighted by molar-refractivity contribution is 5.75. The summed E-state index contributed by atoms with van der Waals surface area (Å²) in [6, 6.07) is -0.872. The number of carbonyl (C=O) groups is 1. The molecule has 4 rings (SSSR count). The number of halogens is 6. The van der Waals surface area contributed by atoms with Crippen LogP contribution in [0.3, 0.4) is 0 Å². The lowest BCUT2D eigenvalue weighted by molar-refractivity contribution is -0.146. The smallest absolute Gasteiger partial charge is 0.408 e. The van der Waals surface area contributed by atoms with E-state index in [9.17, 15) is 26.7 Å². The first-order valence-electron chi connectivity index (χ1n) is 13.1. The number of hydrogen-bond acceptors (Lipinski definition) is 6. The first-order valence-corrected chi connectivity index (χ1v) is 13.1. The lowest BCUT2D eigenvalue weighted by atomic mass is 9.82. The van der Waals surface area contributed by atoms with Gasteiger partial charge in [-0.1, -0.05) is 6.07 Å². The van der Waals surface area contributed by atoms with Crippen molar-refractivity contribution in [1.29, 1.82) is 0 Å². The summed E-state index contributed by atoms with van der Waals surface area (Å²) >= 11 is 0. The van der Waals surface area contributed by atoms with Crippen LogP contribution in [0, 0.1) is 17.7 Å². The van der Waals surface area contributed by atoms with Crippen molar-refractivity contribution in [3.8, 4) is 0 Å². The summed E-state index contributed by atoms with van der Waals surface area (Å²) in [4.78, 5) is 16.9. The predicted octanol–water partition coefficient (Wildman–Crippen LogP) is 6.29. The number of nitrogens with zero attached hydrogens (tertiary/aromatic N) is 1. The van der Waals surface area contributed by atoms with Gasteiger partial charge >= 0.3 is 12.3 Å². The average molecular weight is 565 g/mol. The fourth-order valence-electron chi connectivity index (χ4n) is 4.91. The number of alkyl halides is 5. The number of ether oxygens (including phenoxy) is 1. The highest BCUT2D eigenvalue weighted by atomic mass is 19.4. The standard InChI is InChI=1S/C26H34F6N4O3/c1-24(2,3)39-23(37)36-20(14-8-10-25(28,29)11-9-14)22-35-21-16(38-22)7-6-15(18(21)27)19(13-4-5-13)34-12-17(33)26(30,31)32/h6-7,13-14,17,19-20,34H,4-5,8-12,33H2,1-3H3,(H,36,37)/t17-,19?,20-/m0/s1. The van der Waals surface area contributed by atoms with Gasteiger partial charge in [0.1, 0.15) is 23.2 Å². The number of amides is 1. The molecule has 0 aliphatic heterocycles. The summed E-state index contributed by atoms with van der Waals surface area (Å²) in [5, 5.41) is 5.42. The van der Waals surface area contributed by atoms with E-state index in [2.05, 4.69) is 15.6 Å². The SMILES string of the molecule is CC(C)(C)OC(=O)N[C@H](c1nc2c(F)c(C(NC[C@H](N)C(F)(F)F)C3CC3)ccc2o1)C1CCC(F)(F)CC1. The zero-order valence-electron chi connectivity index (χ0n) is 22.0. The van der Waals surface area contributed by atoms with Crippen molar-refractivity contribution in [3.05, 3.63) is 29.4 Å². The number of hydrogen-bond donors (Lipinski definition) is 3. The van der Waals surface area contributed by atoms with Crippen LogP contribution in [0.25, 0.3) is 11.1 Å². The van der Waals surface area contributed by atoms with Crippen LogP contribution in [0.5, 0.6) is 0 Å². The van der Waals surface area contributed by atoms with E-state index in [1.54, 1.807) is 20.8 Å². The summed E-state index contributed by atoms with van der Waals surface area (Å²) in [6.07, 6.45) is -4.56. The van der Waals surface area contributed by atoms with Crippen molar-refractivity contribution in [3.63, 3.8) is 0 Å². The molecule has 1 amide bonds. The topological polar surface area (TPSA) is 102 Å². The van der Waals surface area contributed by atoms with E-state index in [-0.39, 0.29) is 54.2 Å². The van der Waals surface area contributed by atoms with Crippen molar-refractivity contribution in [2.45, 2.75) is 95.1 Å². The Bertz CT molecular complexity index is 1160. The number of nitrogens with one attached hydrogen (secondary N) is 2. The number of nitrogens with two attached hydrogens (primary N) is 1. The first kappa shape index (κ1) is 29.4. The maximum Gasteiger partial charge on any atom is 0.408 e. The molecule has 2 fully saturated rings. The number of benzene rings is 1. The van der Waals surface area contributed by atoms with Gasteiger partial charge in [0.2, 0.25) is 11.8 Å². The van der Waals surface area contributed by atoms with E-state index in [0.29, 0.717) is 12.8 Å². The number of rotatable bonds is 8. The lowest BCUT2D eigenvalue weighted by Gasteiger charge is -2.33. The molecule has 39 heavy (non-hydrogen) atoms. The zero-order chi connectivity index (χ0) is 28.8. The zero-order valence-corrected chi connectivity index (χ0v) is 22.0. The Hall–Kier alpha value is -2.54. The molecule has 7 nitrogen and oxygen atoms in total. The number of oxazole rings is 1. The molecule has 0 saturated heterocycles. The minimum absolute atomic E-state index is 0.0582. The Morgan fingerprint density at radius 2 is 1.74 bits per heavy atom. The predicted molar refractivity (Wildman–Crippen MR) is 130 cm³/mol. The second-order valence-corrected chi connectivity index (χ2v) is 11.6. The van der Waals surface area contributed by atoms with E-state index < -0.39 is 60.2 Å². The van der Waals surface area contributed by atoms with Gasteiger partial charge in [0.05, 0.1) is 0 Å². The maximum atomic E-state index is 15.7. The van der Waals surface area contributed by atoms with Gasteiger partial charge in [0.25, 0.3) is 0 Å². The monoisotopic (exact) mass is 564 g/mol. The molecule has 3 atom stereocenters. The van der Waals surface area contributed by atoms with E-state index in [1.807, 2.05) is 0 Å². The van der Waals surface area contributed by atoms with Crippen LogP contribution in [-0.2, 0) is 4.74 Å². The molecular formula is C26H34F6N4O3. The van der Waals surface area contributed by atoms with Gasteiger partial charge in [-0.2, -0.15) is 13.2 Å². The minimum atomic E-state index is -4.59. The van der Waals surface area contributed by atoms with Crippen LogP contribution < -0.4 is 16.4 Å². The summed E-state index contributed by atoms with van der Waals surface area (Å²) in [5.74, 6) is -4.16. The Morgan fingerprint density at radius 1 is 1.13 bits per heavy atom. The van der Waals surface area contributed by atoms with Gasteiger partial charge in [0.15, 0.2) is 11.4 Å². The van der Waals surface area contributed by atoms with Crippen molar-refractivity contribution < 1.29 is 40.3 Å². The average Bonchev–Trinajstić information content (AvgIpc) is 3.55. The molecule has 4 N–H and O–H groups in total. The largest absolute Gasteiger partial charge is 0.444 e. The molecule has 2 aromatic rings. The van der Waals surface area contributed by atoms with Gasteiger partial charge in [-0.25, -0.2) is 22.9 Å². The highest BCUT2D eigenvalue weighted by Gasteiger charge is 2.42. The molecule has 0 radical (unpaired) electrons. The Labute approximate surface area is 222 Å². The van der Waals surface area contributed by atoms with Crippen molar-refractivity contribution in [2.24, 2.45) is 17.6 Å². The van der Waals surface area contributed by atoms with Gasteiger partial charge in [-0.15, -0.1) is 0 Å².